The first-order valence-electron chi connectivity index (χ1n) is 11.0. The van der Waals surface area contributed by atoms with Gasteiger partial charge in [-0.05, 0) is 35.9 Å². The van der Waals surface area contributed by atoms with Crippen LogP contribution in [-0.2, 0) is 6.61 Å². The minimum atomic E-state index is -0.394. The largest absolute Gasteiger partial charge is 0.493 e. The van der Waals surface area contributed by atoms with Gasteiger partial charge in [0.25, 0.3) is 5.91 Å². The number of H-pyrrole nitrogens is 2. The van der Waals surface area contributed by atoms with Gasteiger partial charge in [0.1, 0.15) is 12.3 Å². The summed E-state index contributed by atoms with van der Waals surface area (Å²) in [6.45, 7) is 0.433. The molecule has 3 N–H and O–H groups in total. The first-order valence-corrected chi connectivity index (χ1v) is 11.0. The van der Waals surface area contributed by atoms with Crippen LogP contribution in [0, 0.1) is 0 Å². The normalized spacial score (nSPS) is 11.1. The number of carbonyl (C=O) groups excluding carboxylic acids is 1. The Kier molecular flexibility index (Phi) is 6.25. The van der Waals surface area contributed by atoms with Crippen molar-refractivity contribution in [3.8, 4) is 22.8 Å². The molecule has 2 aromatic heterocycles. The maximum absolute atomic E-state index is 12.5. The second-order valence-electron chi connectivity index (χ2n) is 7.80. The van der Waals surface area contributed by atoms with Crippen LogP contribution in [0.15, 0.2) is 90.2 Å². The Labute approximate surface area is 201 Å². The van der Waals surface area contributed by atoms with E-state index in [1.807, 2.05) is 79.0 Å². The van der Waals surface area contributed by atoms with Crippen LogP contribution < -0.4 is 14.9 Å². The molecule has 0 spiro atoms. The van der Waals surface area contributed by atoms with Crippen LogP contribution in [-0.4, -0.2) is 34.4 Å². The van der Waals surface area contributed by atoms with Crippen molar-refractivity contribution < 1.29 is 14.3 Å². The maximum atomic E-state index is 12.5. The van der Waals surface area contributed by atoms with Crippen molar-refractivity contribution in [2.75, 3.05) is 7.11 Å². The molecule has 0 bridgehead atoms. The molecule has 1 amide bonds. The van der Waals surface area contributed by atoms with Gasteiger partial charge in [0.2, 0.25) is 0 Å². The standard InChI is InChI=1S/C27H23N5O3/c1-34-26-13-19(11-12-25(26)35-17-18-7-3-2-4-8-18)23-14-24(31-30-23)27(33)32-29-16-20-15-28-22-10-6-5-9-21(20)22/h2-16,28H,17H2,1H3,(H,30,31)(H,32,33)/b29-16-. The Bertz CT molecular complexity index is 1490. The topological polar surface area (TPSA) is 104 Å². The van der Waals surface area contributed by atoms with Crippen LogP contribution in [0.4, 0.5) is 0 Å². The van der Waals surface area contributed by atoms with Crippen LogP contribution in [0.25, 0.3) is 22.2 Å². The van der Waals surface area contributed by atoms with Crippen molar-refractivity contribution in [2.24, 2.45) is 5.10 Å². The SMILES string of the molecule is COc1cc(-c2cc(C(=O)N/N=C\c3c[nH]c4ccccc34)[nH]n2)ccc1OCc1ccccc1. The number of nitrogens with zero attached hydrogens (tertiary/aromatic N) is 2. The molecule has 0 aliphatic rings. The van der Waals surface area contributed by atoms with Crippen LogP contribution in [0.5, 0.6) is 11.5 Å². The van der Waals surface area contributed by atoms with E-state index in [1.165, 1.54) is 0 Å². The molecule has 0 fully saturated rings. The zero-order valence-corrected chi connectivity index (χ0v) is 19.0. The molecule has 0 atom stereocenters. The van der Waals surface area contributed by atoms with E-state index in [-0.39, 0.29) is 0 Å². The third kappa shape index (κ3) is 4.91. The maximum Gasteiger partial charge on any atom is 0.289 e. The lowest BCUT2D eigenvalue weighted by molar-refractivity contribution is 0.0950. The molecule has 8 nitrogen and oxygen atoms in total. The van der Waals surface area contributed by atoms with Crippen LogP contribution in [0.2, 0.25) is 0 Å². The predicted octanol–water partition coefficient (Wildman–Crippen LogP) is 4.91. The molecule has 0 saturated carbocycles. The molecule has 5 aromatic rings. The molecule has 174 valence electrons. The summed E-state index contributed by atoms with van der Waals surface area (Å²) < 4.78 is 11.4. The summed E-state index contributed by atoms with van der Waals surface area (Å²) in [5.41, 5.74) is 7.16. The van der Waals surface area contributed by atoms with Crippen molar-refractivity contribution >= 4 is 23.0 Å². The molecule has 8 heteroatoms. The number of methoxy groups -OCH3 is 1. The predicted molar refractivity (Wildman–Crippen MR) is 135 cm³/mol. The van der Waals surface area contributed by atoms with Gasteiger partial charge >= 0.3 is 0 Å². The molecule has 0 unspecified atom stereocenters. The number of amides is 1. The van der Waals surface area contributed by atoms with Crippen molar-refractivity contribution in [3.63, 3.8) is 0 Å². The summed E-state index contributed by atoms with van der Waals surface area (Å²) >= 11 is 0. The first kappa shape index (κ1) is 22.0. The Morgan fingerprint density at radius 3 is 2.71 bits per heavy atom. The third-order valence-electron chi connectivity index (χ3n) is 5.51. The van der Waals surface area contributed by atoms with E-state index in [2.05, 4.69) is 25.7 Å². The smallest absolute Gasteiger partial charge is 0.289 e. The van der Waals surface area contributed by atoms with Gasteiger partial charge in [-0.15, -0.1) is 0 Å². The highest BCUT2D eigenvalue weighted by Gasteiger charge is 2.13. The van der Waals surface area contributed by atoms with E-state index < -0.39 is 5.91 Å². The second kappa shape index (κ2) is 9.96. The summed E-state index contributed by atoms with van der Waals surface area (Å²) in [4.78, 5) is 15.7. The van der Waals surface area contributed by atoms with Gasteiger partial charge in [-0.1, -0.05) is 48.5 Å². The zero-order valence-electron chi connectivity index (χ0n) is 19.0. The summed E-state index contributed by atoms with van der Waals surface area (Å²) in [5.74, 6) is 0.811. The van der Waals surface area contributed by atoms with Gasteiger partial charge in [0, 0.05) is 28.2 Å². The van der Waals surface area contributed by atoms with Crippen molar-refractivity contribution in [3.05, 3.63) is 102 Å². The van der Waals surface area contributed by atoms with Crippen molar-refractivity contribution in [1.82, 2.24) is 20.6 Å². The van der Waals surface area contributed by atoms with Gasteiger partial charge < -0.3 is 14.5 Å². The molecule has 3 aromatic carbocycles. The fourth-order valence-corrected chi connectivity index (χ4v) is 3.69. The molecular weight excluding hydrogens is 442 g/mol. The lowest BCUT2D eigenvalue weighted by Gasteiger charge is -2.11. The van der Waals surface area contributed by atoms with Crippen molar-refractivity contribution in [2.45, 2.75) is 6.61 Å². The average Bonchev–Trinajstić information content (AvgIpc) is 3.56. The molecule has 0 radical (unpaired) electrons. The zero-order chi connectivity index (χ0) is 24.0. The van der Waals surface area contributed by atoms with E-state index in [9.17, 15) is 4.79 Å². The lowest BCUT2D eigenvalue weighted by atomic mass is 10.1. The minimum Gasteiger partial charge on any atom is -0.493 e. The molecular formula is C27H23N5O3. The number of aromatic nitrogens is 3. The number of aromatic amines is 2. The number of para-hydroxylation sites is 1. The third-order valence-corrected chi connectivity index (χ3v) is 5.51. The monoisotopic (exact) mass is 465 g/mol. The second-order valence-corrected chi connectivity index (χ2v) is 7.80. The molecule has 0 aliphatic carbocycles. The molecule has 5 rings (SSSR count). The average molecular weight is 466 g/mol. The number of rotatable bonds is 8. The van der Waals surface area contributed by atoms with Gasteiger partial charge in [-0.3, -0.25) is 9.89 Å². The highest BCUT2D eigenvalue weighted by atomic mass is 16.5. The number of carbonyl (C=O) groups is 1. The van der Waals surface area contributed by atoms with Gasteiger partial charge in [0.15, 0.2) is 11.5 Å². The highest BCUT2D eigenvalue weighted by molar-refractivity contribution is 6.00. The Balaban J connectivity index is 1.25. The number of fused-ring (bicyclic) bond motifs is 1. The number of hydrogen-bond donors (Lipinski definition) is 3. The van der Waals surface area contributed by atoms with Crippen LogP contribution >= 0.6 is 0 Å². The minimum absolute atomic E-state index is 0.291. The summed E-state index contributed by atoms with van der Waals surface area (Å²) in [6, 6.07) is 25.0. The Morgan fingerprint density at radius 2 is 1.86 bits per heavy atom. The van der Waals surface area contributed by atoms with Crippen LogP contribution in [0.3, 0.4) is 0 Å². The van der Waals surface area contributed by atoms with E-state index in [1.54, 1.807) is 19.4 Å². The fourth-order valence-electron chi connectivity index (χ4n) is 3.69. The number of hydrogen-bond acceptors (Lipinski definition) is 5. The van der Waals surface area contributed by atoms with E-state index in [0.29, 0.717) is 29.5 Å². The first-order chi connectivity index (χ1) is 17.2. The lowest BCUT2D eigenvalue weighted by Crippen LogP contribution is -2.17. The number of nitrogens with one attached hydrogen (secondary N) is 3. The van der Waals surface area contributed by atoms with Gasteiger partial charge in [-0.25, -0.2) is 5.43 Å². The number of ether oxygens (including phenoxy) is 2. The van der Waals surface area contributed by atoms with Crippen molar-refractivity contribution in [1.29, 1.82) is 0 Å². The van der Waals surface area contributed by atoms with Crippen LogP contribution in [0.1, 0.15) is 21.6 Å². The quantitative estimate of drug-likeness (QED) is 0.224. The number of benzene rings is 3. The molecule has 0 saturated heterocycles. The highest BCUT2D eigenvalue weighted by Crippen LogP contribution is 2.32. The fraction of sp³-hybridized carbons (Fsp3) is 0.0741. The van der Waals surface area contributed by atoms with E-state index in [0.717, 1.165) is 27.6 Å². The summed E-state index contributed by atoms with van der Waals surface area (Å²) in [6.07, 6.45) is 3.45. The molecule has 2 heterocycles. The molecule has 0 aliphatic heterocycles. The van der Waals surface area contributed by atoms with Gasteiger partial charge in [0.05, 0.1) is 19.0 Å². The Hall–Kier alpha value is -4.85. The summed E-state index contributed by atoms with van der Waals surface area (Å²) in [5, 5.41) is 12.1. The number of hydrazone groups is 1. The van der Waals surface area contributed by atoms with Gasteiger partial charge in [-0.2, -0.15) is 10.2 Å². The van der Waals surface area contributed by atoms with E-state index in [4.69, 9.17) is 9.47 Å². The summed E-state index contributed by atoms with van der Waals surface area (Å²) in [7, 11) is 1.59. The molecule has 35 heavy (non-hydrogen) atoms. The Morgan fingerprint density at radius 1 is 1.03 bits per heavy atom. The van der Waals surface area contributed by atoms with E-state index >= 15 is 0 Å².